The highest BCUT2D eigenvalue weighted by Gasteiger charge is 2.49. The number of fused-ring (bicyclic) bond motifs is 3. The summed E-state index contributed by atoms with van der Waals surface area (Å²) in [6.07, 6.45) is -0.365. The van der Waals surface area contributed by atoms with Crippen molar-refractivity contribution in [1.29, 1.82) is 0 Å². The molecule has 3 heterocycles. The zero-order valence-corrected chi connectivity index (χ0v) is 19.7. The maximum absolute atomic E-state index is 12.9. The molecule has 182 valence electrons. The number of methoxy groups -OCH3 is 3. The first-order valence-electron chi connectivity index (χ1n) is 10.3. The first-order valence-corrected chi connectivity index (χ1v) is 10.3. The van der Waals surface area contributed by atoms with Gasteiger partial charge in [-0.25, -0.2) is 4.79 Å². The van der Waals surface area contributed by atoms with Crippen LogP contribution in [0.4, 0.5) is 5.69 Å². The van der Waals surface area contributed by atoms with Gasteiger partial charge >= 0.3 is 11.7 Å². The predicted octanol–water partition coefficient (Wildman–Crippen LogP) is 3.21. The van der Waals surface area contributed by atoms with E-state index in [1.165, 1.54) is 21.3 Å². The third kappa shape index (κ3) is 3.18. The summed E-state index contributed by atoms with van der Waals surface area (Å²) in [5, 5.41) is 12.0. The average Bonchev–Trinajstić information content (AvgIpc) is 3.41. The molecule has 0 N–H and O–H groups in total. The van der Waals surface area contributed by atoms with Gasteiger partial charge in [0.1, 0.15) is 11.7 Å². The molecule has 34 heavy (non-hydrogen) atoms. The Morgan fingerprint density at radius 1 is 1.09 bits per heavy atom. The van der Waals surface area contributed by atoms with Crippen LogP contribution in [0.1, 0.15) is 39.2 Å². The lowest BCUT2D eigenvalue weighted by Gasteiger charge is -2.38. The number of nitrogens with zero attached hydrogens (tertiary/aromatic N) is 2. The summed E-state index contributed by atoms with van der Waals surface area (Å²) in [5.41, 5.74) is 1.76. The molecule has 5 rings (SSSR count). The summed E-state index contributed by atoms with van der Waals surface area (Å²) in [4.78, 5) is 26.5. The molecule has 0 saturated carbocycles. The maximum Gasteiger partial charge on any atom is 0.343 e. The number of hydrogen-bond donors (Lipinski definition) is 0. The molecular weight excluding hydrogens is 472 g/mol. The fourth-order valence-corrected chi connectivity index (χ4v) is 5.00. The van der Waals surface area contributed by atoms with Gasteiger partial charge in [0.05, 0.1) is 32.3 Å². The van der Waals surface area contributed by atoms with Crippen LogP contribution < -0.4 is 23.7 Å². The third-order valence-corrected chi connectivity index (χ3v) is 6.37. The normalized spacial score (nSPS) is 20.1. The Bertz CT molecular complexity index is 1190. The zero-order valence-electron chi connectivity index (χ0n) is 18.9. The molecule has 0 saturated heterocycles. The molecule has 0 aromatic heterocycles. The van der Waals surface area contributed by atoms with Crippen molar-refractivity contribution in [2.45, 2.75) is 18.6 Å². The van der Waals surface area contributed by atoms with Gasteiger partial charge in [-0.3, -0.25) is 15.0 Å². The van der Waals surface area contributed by atoms with Crippen LogP contribution in [-0.4, -0.2) is 57.5 Å². The highest BCUT2D eigenvalue weighted by atomic mass is 35.5. The first kappa shape index (κ1) is 23.7. The Kier molecular flexibility index (Phi) is 6.09. The second-order valence-electron chi connectivity index (χ2n) is 7.86. The monoisotopic (exact) mass is 494 g/mol. The average molecular weight is 495 g/mol. The van der Waals surface area contributed by atoms with Crippen molar-refractivity contribution in [3.63, 3.8) is 0 Å². The van der Waals surface area contributed by atoms with E-state index < -0.39 is 23.0 Å². The predicted molar refractivity (Wildman–Crippen MR) is 120 cm³/mol. The smallest absolute Gasteiger partial charge is 0.343 e. The van der Waals surface area contributed by atoms with E-state index in [1.54, 1.807) is 12.1 Å². The molecule has 2 atom stereocenters. The van der Waals surface area contributed by atoms with E-state index in [0.29, 0.717) is 41.2 Å². The van der Waals surface area contributed by atoms with Crippen molar-refractivity contribution in [3.05, 3.63) is 44.5 Å². The molecule has 11 nitrogen and oxygen atoms in total. The van der Waals surface area contributed by atoms with E-state index in [2.05, 4.69) is 0 Å². The number of rotatable bonds is 5. The second kappa shape index (κ2) is 8.73. The Balaban J connectivity index is 0.00000274. The maximum atomic E-state index is 12.9. The van der Waals surface area contributed by atoms with Crippen LogP contribution in [0.3, 0.4) is 0 Å². The third-order valence-electron chi connectivity index (χ3n) is 6.37. The SMILES string of the molecule is COc1ccc2c(c1OC)C(=O)OC2C1c2c(c([N+](=O)[O-])c3c(c2OC)OCO3)CCN1C.Cl. The van der Waals surface area contributed by atoms with Gasteiger partial charge in [-0.2, -0.15) is 0 Å². The molecule has 0 bridgehead atoms. The van der Waals surface area contributed by atoms with Crippen LogP contribution in [0.25, 0.3) is 0 Å². The number of esters is 1. The van der Waals surface area contributed by atoms with Gasteiger partial charge in [-0.1, -0.05) is 6.07 Å². The van der Waals surface area contributed by atoms with Gasteiger partial charge in [-0.15, -0.1) is 12.4 Å². The number of benzene rings is 2. The van der Waals surface area contributed by atoms with Crippen molar-refractivity contribution in [1.82, 2.24) is 4.90 Å². The van der Waals surface area contributed by atoms with E-state index in [9.17, 15) is 14.9 Å². The molecule has 0 fully saturated rings. The highest BCUT2D eigenvalue weighted by molar-refractivity contribution is 5.98. The number of likely N-dealkylation sites (N-methyl/N-ethyl adjacent to an activating group) is 1. The zero-order chi connectivity index (χ0) is 23.4. The molecule has 0 radical (unpaired) electrons. The minimum atomic E-state index is -0.759. The van der Waals surface area contributed by atoms with Crippen molar-refractivity contribution in [2.75, 3.05) is 41.7 Å². The molecule has 2 unspecified atom stereocenters. The van der Waals surface area contributed by atoms with Gasteiger partial charge in [-0.05, 0) is 19.5 Å². The lowest BCUT2D eigenvalue weighted by atomic mass is 9.84. The Morgan fingerprint density at radius 2 is 1.79 bits per heavy atom. The number of nitro benzene ring substituents is 1. The number of nitro groups is 1. The van der Waals surface area contributed by atoms with Crippen molar-refractivity contribution < 1.29 is 38.1 Å². The van der Waals surface area contributed by atoms with Gasteiger partial charge in [0, 0.05) is 23.2 Å². The molecular formula is C22H23ClN2O9. The molecule has 2 aromatic rings. The van der Waals surface area contributed by atoms with Crippen LogP contribution in [-0.2, 0) is 11.2 Å². The standard InChI is InChI=1S/C22H22N2O9.ClH/c1-23-8-7-10-13(19(30-4)21-20(31-9-32-21)15(10)24(26)27)16(23)17-11-5-6-12(28-2)18(29-3)14(11)22(25)33-17;/h5-6,16-17H,7-9H2,1-4H3;1H. The van der Waals surface area contributed by atoms with E-state index in [1.807, 2.05) is 11.9 Å². The summed E-state index contributed by atoms with van der Waals surface area (Å²) >= 11 is 0. The summed E-state index contributed by atoms with van der Waals surface area (Å²) in [7, 11) is 6.28. The summed E-state index contributed by atoms with van der Waals surface area (Å²) in [6.45, 7) is 0.353. The summed E-state index contributed by atoms with van der Waals surface area (Å²) in [6, 6.07) is 2.89. The number of hydrogen-bond acceptors (Lipinski definition) is 10. The van der Waals surface area contributed by atoms with Crippen molar-refractivity contribution in [2.24, 2.45) is 0 Å². The molecule has 0 amide bonds. The topological polar surface area (TPSA) is 119 Å². The molecule has 2 aromatic carbocycles. The first-order chi connectivity index (χ1) is 15.9. The van der Waals surface area contributed by atoms with Crippen LogP contribution in [0, 0.1) is 10.1 Å². The Hall–Kier alpha value is -3.44. The van der Waals surface area contributed by atoms with Crippen LogP contribution in [0.15, 0.2) is 12.1 Å². The number of carbonyl (C=O) groups is 1. The quantitative estimate of drug-likeness (QED) is 0.348. The van der Waals surface area contributed by atoms with Crippen LogP contribution in [0.2, 0.25) is 0 Å². The minimum absolute atomic E-state index is 0. The molecule has 3 aliphatic heterocycles. The van der Waals surface area contributed by atoms with Crippen LogP contribution in [0.5, 0.6) is 28.7 Å². The molecule has 0 spiro atoms. The molecule has 0 aliphatic carbocycles. The Labute approximate surface area is 201 Å². The van der Waals surface area contributed by atoms with E-state index in [-0.39, 0.29) is 47.7 Å². The summed E-state index contributed by atoms with van der Waals surface area (Å²) < 4.78 is 33.3. The number of ether oxygens (including phenoxy) is 6. The fourth-order valence-electron chi connectivity index (χ4n) is 5.00. The van der Waals surface area contributed by atoms with Crippen molar-refractivity contribution >= 4 is 24.1 Å². The van der Waals surface area contributed by atoms with E-state index in [4.69, 9.17) is 28.4 Å². The largest absolute Gasteiger partial charge is 0.493 e. The number of carbonyl (C=O) groups excluding carboxylic acids is 1. The number of cyclic esters (lactones) is 1. The van der Waals surface area contributed by atoms with Crippen LogP contribution >= 0.6 is 12.4 Å². The lowest BCUT2D eigenvalue weighted by molar-refractivity contribution is -0.386. The highest BCUT2D eigenvalue weighted by Crippen LogP contribution is 2.58. The fraction of sp³-hybridized carbons (Fsp3) is 0.409. The van der Waals surface area contributed by atoms with Gasteiger partial charge < -0.3 is 28.4 Å². The Morgan fingerprint density at radius 3 is 2.44 bits per heavy atom. The molecule has 3 aliphatic rings. The molecule has 12 heteroatoms. The second-order valence-corrected chi connectivity index (χ2v) is 7.86. The van der Waals surface area contributed by atoms with Gasteiger partial charge in [0.2, 0.25) is 18.3 Å². The van der Waals surface area contributed by atoms with Gasteiger partial charge in [0.25, 0.3) is 0 Å². The van der Waals surface area contributed by atoms with E-state index >= 15 is 0 Å². The van der Waals surface area contributed by atoms with E-state index in [0.717, 1.165) is 0 Å². The minimum Gasteiger partial charge on any atom is -0.493 e. The lowest BCUT2D eigenvalue weighted by Crippen LogP contribution is -2.36. The number of halogens is 1. The van der Waals surface area contributed by atoms with Crippen molar-refractivity contribution in [3.8, 4) is 28.7 Å². The summed E-state index contributed by atoms with van der Waals surface area (Å²) in [5.74, 6) is 0.715. The van der Waals surface area contributed by atoms with Gasteiger partial charge in [0.15, 0.2) is 17.2 Å².